The van der Waals surface area contributed by atoms with Crippen molar-refractivity contribution in [2.45, 2.75) is 46.2 Å². The number of piperidine rings is 1. The van der Waals surface area contributed by atoms with Crippen molar-refractivity contribution < 1.29 is 4.74 Å². The molecule has 1 N–H and O–H groups in total. The average molecular weight is 488 g/mol. The van der Waals surface area contributed by atoms with Crippen molar-refractivity contribution in [3.05, 3.63) is 29.8 Å². The van der Waals surface area contributed by atoms with Gasteiger partial charge in [-0.1, -0.05) is 18.2 Å². The van der Waals surface area contributed by atoms with Gasteiger partial charge in [0.2, 0.25) is 0 Å². The molecule has 1 unspecified atom stereocenters. The van der Waals surface area contributed by atoms with E-state index in [2.05, 4.69) is 55.1 Å². The van der Waals surface area contributed by atoms with E-state index in [0.29, 0.717) is 12.0 Å². The first-order valence-corrected chi connectivity index (χ1v) is 9.90. The molecule has 5 nitrogen and oxygen atoms in total. The van der Waals surface area contributed by atoms with Gasteiger partial charge < -0.3 is 19.9 Å². The van der Waals surface area contributed by atoms with Crippen LogP contribution in [0.1, 0.15) is 39.2 Å². The van der Waals surface area contributed by atoms with Crippen LogP contribution in [0.15, 0.2) is 29.3 Å². The normalized spacial score (nSPS) is 18.1. The van der Waals surface area contributed by atoms with Gasteiger partial charge in [0.15, 0.2) is 5.96 Å². The molecule has 1 atom stereocenters. The summed E-state index contributed by atoms with van der Waals surface area (Å²) in [4.78, 5) is 9.71. The highest BCUT2D eigenvalue weighted by Gasteiger charge is 2.21. The van der Waals surface area contributed by atoms with Gasteiger partial charge in [0, 0.05) is 44.8 Å². The molecule has 1 aliphatic heterocycles. The SMILES string of the molecule is CCNC(=NCC1CCCN(C(C)C)C1)N(C)Cc1ccccc1OC.I. The minimum Gasteiger partial charge on any atom is -0.496 e. The first kappa shape index (κ1) is 24.0. The zero-order valence-corrected chi connectivity index (χ0v) is 19.9. The van der Waals surface area contributed by atoms with E-state index in [1.165, 1.54) is 24.9 Å². The maximum atomic E-state index is 5.48. The largest absolute Gasteiger partial charge is 0.496 e. The Balaban J connectivity index is 0.00000364. The van der Waals surface area contributed by atoms with Gasteiger partial charge in [-0.2, -0.15) is 0 Å². The molecule has 1 aromatic carbocycles. The van der Waals surface area contributed by atoms with Crippen LogP contribution in [0, 0.1) is 5.92 Å². The summed E-state index contributed by atoms with van der Waals surface area (Å²) < 4.78 is 5.48. The molecule has 6 heteroatoms. The van der Waals surface area contributed by atoms with Crippen LogP contribution >= 0.6 is 24.0 Å². The van der Waals surface area contributed by atoms with E-state index >= 15 is 0 Å². The molecule has 1 saturated heterocycles. The van der Waals surface area contributed by atoms with E-state index in [-0.39, 0.29) is 24.0 Å². The van der Waals surface area contributed by atoms with E-state index < -0.39 is 0 Å². The second-order valence-corrected chi connectivity index (χ2v) is 7.46. The maximum Gasteiger partial charge on any atom is 0.193 e. The first-order valence-electron chi connectivity index (χ1n) is 9.90. The van der Waals surface area contributed by atoms with Crippen molar-refractivity contribution in [1.82, 2.24) is 15.1 Å². The molecule has 0 bridgehead atoms. The van der Waals surface area contributed by atoms with Gasteiger partial charge in [-0.05, 0) is 52.1 Å². The lowest BCUT2D eigenvalue weighted by Gasteiger charge is -2.35. The summed E-state index contributed by atoms with van der Waals surface area (Å²) in [6.45, 7) is 11.6. The fourth-order valence-electron chi connectivity index (χ4n) is 3.56. The maximum absolute atomic E-state index is 5.48. The summed E-state index contributed by atoms with van der Waals surface area (Å²) in [6.07, 6.45) is 2.56. The Morgan fingerprint density at radius 1 is 1.37 bits per heavy atom. The number of hydrogen-bond acceptors (Lipinski definition) is 3. The van der Waals surface area contributed by atoms with Gasteiger partial charge >= 0.3 is 0 Å². The molecule has 154 valence electrons. The number of aliphatic imine (C=N–C) groups is 1. The number of methoxy groups -OCH3 is 1. The number of halogens is 1. The smallest absolute Gasteiger partial charge is 0.193 e. The van der Waals surface area contributed by atoms with Crippen LogP contribution in [-0.4, -0.2) is 62.1 Å². The third-order valence-electron chi connectivity index (χ3n) is 5.08. The highest BCUT2D eigenvalue weighted by Crippen LogP contribution is 2.20. The van der Waals surface area contributed by atoms with Crippen molar-refractivity contribution in [1.29, 1.82) is 0 Å². The monoisotopic (exact) mass is 488 g/mol. The third kappa shape index (κ3) is 7.49. The van der Waals surface area contributed by atoms with Gasteiger partial charge in [-0.15, -0.1) is 24.0 Å². The fourth-order valence-corrected chi connectivity index (χ4v) is 3.56. The number of benzene rings is 1. The second kappa shape index (κ2) is 12.4. The van der Waals surface area contributed by atoms with E-state index in [4.69, 9.17) is 9.73 Å². The molecule has 0 aliphatic carbocycles. The van der Waals surface area contributed by atoms with Crippen molar-refractivity contribution in [3.8, 4) is 5.75 Å². The van der Waals surface area contributed by atoms with E-state index in [1.54, 1.807) is 7.11 Å². The Hall–Kier alpha value is -1.02. The molecule has 1 aromatic rings. The number of para-hydroxylation sites is 1. The minimum absolute atomic E-state index is 0. The Bertz CT molecular complexity index is 579. The molecule has 0 saturated carbocycles. The fraction of sp³-hybridized carbons (Fsp3) is 0.667. The molecule has 0 aromatic heterocycles. The second-order valence-electron chi connectivity index (χ2n) is 7.46. The van der Waals surface area contributed by atoms with Crippen LogP contribution in [-0.2, 0) is 6.54 Å². The quantitative estimate of drug-likeness (QED) is 0.360. The van der Waals surface area contributed by atoms with Crippen molar-refractivity contribution >= 4 is 29.9 Å². The van der Waals surface area contributed by atoms with Crippen molar-refractivity contribution in [2.75, 3.05) is 40.3 Å². The van der Waals surface area contributed by atoms with Crippen LogP contribution in [0.5, 0.6) is 5.75 Å². The number of nitrogens with one attached hydrogen (secondary N) is 1. The predicted octanol–water partition coefficient (Wildman–Crippen LogP) is 3.83. The number of hydrogen-bond donors (Lipinski definition) is 1. The van der Waals surface area contributed by atoms with Gasteiger partial charge in [0.05, 0.1) is 7.11 Å². The zero-order chi connectivity index (χ0) is 18.9. The van der Waals surface area contributed by atoms with Gasteiger partial charge in [-0.25, -0.2) is 0 Å². The molecule has 0 amide bonds. The highest BCUT2D eigenvalue weighted by molar-refractivity contribution is 14.0. The molecular formula is C21H37IN4O. The summed E-state index contributed by atoms with van der Waals surface area (Å²) in [5.41, 5.74) is 1.17. The lowest BCUT2D eigenvalue weighted by Crippen LogP contribution is -2.42. The van der Waals surface area contributed by atoms with Crippen LogP contribution in [0.4, 0.5) is 0 Å². The zero-order valence-electron chi connectivity index (χ0n) is 17.6. The standard InChI is InChI=1S/C21H36N4O.HI/c1-6-22-21(23-14-18-10-9-13-25(15-18)17(2)3)24(4)16-19-11-7-8-12-20(19)26-5;/h7-8,11-12,17-18H,6,9-10,13-16H2,1-5H3,(H,22,23);1H. The van der Waals surface area contributed by atoms with Gasteiger partial charge in [0.25, 0.3) is 0 Å². The molecule has 0 radical (unpaired) electrons. The molecule has 0 spiro atoms. The van der Waals surface area contributed by atoms with Crippen LogP contribution in [0.2, 0.25) is 0 Å². The third-order valence-corrected chi connectivity index (χ3v) is 5.08. The van der Waals surface area contributed by atoms with Crippen LogP contribution in [0.3, 0.4) is 0 Å². The minimum atomic E-state index is 0. The summed E-state index contributed by atoms with van der Waals surface area (Å²) in [7, 11) is 3.82. The first-order chi connectivity index (χ1) is 12.5. The molecular weight excluding hydrogens is 451 g/mol. The van der Waals surface area contributed by atoms with Crippen molar-refractivity contribution in [2.24, 2.45) is 10.9 Å². The van der Waals surface area contributed by atoms with Gasteiger partial charge in [0.1, 0.15) is 5.75 Å². The number of rotatable bonds is 7. The molecule has 27 heavy (non-hydrogen) atoms. The topological polar surface area (TPSA) is 40.1 Å². The van der Waals surface area contributed by atoms with Gasteiger partial charge in [-0.3, -0.25) is 4.99 Å². The highest BCUT2D eigenvalue weighted by atomic mass is 127. The Morgan fingerprint density at radius 2 is 2.11 bits per heavy atom. The predicted molar refractivity (Wildman–Crippen MR) is 125 cm³/mol. The van der Waals surface area contributed by atoms with Crippen molar-refractivity contribution in [3.63, 3.8) is 0 Å². The summed E-state index contributed by atoms with van der Waals surface area (Å²) in [6, 6.07) is 8.81. The molecule has 1 fully saturated rings. The van der Waals surface area contributed by atoms with E-state index in [0.717, 1.165) is 37.9 Å². The Labute approximate surface area is 182 Å². The molecule has 2 rings (SSSR count). The van der Waals surface area contributed by atoms with Crippen LogP contribution in [0.25, 0.3) is 0 Å². The van der Waals surface area contributed by atoms with Crippen LogP contribution < -0.4 is 10.1 Å². The summed E-state index contributed by atoms with van der Waals surface area (Å²) in [5.74, 6) is 2.55. The lowest BCUT2D eigenvalue weighted by atomic mass is 9.97. The average Bonchev–Trinajstić information content (AvgIpc) is 2.65. The molecule has 1 heterocycles. The lowest BCUT2D eigenvalue weighted by molar-refractivity contribution is 0.143. The molecule has 1 aliphatic rings. The number of ether oxygens (including phenoxy) is 1. The Morgan fingerprint density at radius 3 is 2.78 bits per heavy atom. The number of nitrogens with zero attached hydrogens (tertiary/aromatic N) is 3. The van der Waals surface area contributed by atoms with E-state index in [1.807, 2.05) is 12.1 Å². The van der Waals surface area contributed by atoms with E-state index in [9.17, 15) is 0 Å². The summed E-state index contributed by atoms with van der Waals surface area (Å²) >= 11 is 0. The number of guanidine groups is 1. The Kier molecular flexibility index (Phi) is 11.1. The summed E-state index contributed by atoms with van der Waals surface area (Å²) in [5, 5.41) is 3.44. The number of likely N-dealkylation sites (tertiary alicyclic amines) is 1.